The van der Waals surface area contributed by atoms with Gasteiger partial charge in [-0.1, -0.05) is 18.7 Å². The number of esters is 1. The number of ether oxygens (including phenoxy) is 3. The summed E-state index contributed by atoms with van der Waals surface area (Å²) in [7, 11) is 0. The summed E-state index contributed by atoms with van der Waals surface area (Å²) in [5, 5.41) is 0. The quantitative estimate of drug-likeness (QED) is 0.450. The van der Waals surface area contributed by atoms with E-state index < -0.39 is 0 Å². The van der Waals surface area contributed by atoms with E-state index in [9.17, 15) is 4.79 Å². The van der Waals surface area contributed by atoms with Crippen LogP contribution in [-0.4, -0.2) is 25.3 Å². The number of carbonyl (C=O) groups excluding carboxylic acids is 1. The Morgan fingerprint density at radius 3 is 2.56 bits per heavy atom. The molecule has 0 radical (unpaired) electrons. The van der Waals surface area contributed by atoms with Gasteiger partial charge >= 0.3 is 5.97 Å². The zero-order valence-electron chi connectivity index (χ0n) is 8.72. The van der Waals surface area contributed by atoms with E-state index >= 15 is 0 Å². The van der Waals surface area contributed by atoms with E-state index in [4.69, 9.17) is 9.47 Å². The van der Waals surface area contributed by atoms with Crippen LogP contribution in [0, 0.1) is 0 Å². The fourth-order valence-corrected chi connectivity index (χ4v) is 1.01. The van der Waals surface area contributed by atoms with Gasteiger partial charge in [-0.05, 0) is 12.1 Å². The van der Waals surface area contributed by atoms with Crippen molar-refractivity contribution in [2.24, 2.45) is 0 Å². The first-order valence-corrected chi connectivity index (χ1v) is 4.97. The first-order chi connectivity index (χ1) is 7.79. The molecule has 2 aliphatic rings. The first kappa shape index (κ1) is 10.7. The Balaban J connectivity index is 0.000000123. The minimum atomic E-state index is -0.384. The fraction of sp³-hybridized carbons (Fsp3) is 0.250. The van der Waals surface area contributed by atoms with Gasteiger partial charge in [-0.15, -0.1) is 0 Å². The zero-order chi connectivity index (χ0) is 11.4. The summed E-state index contributed by atoms with van der Waals surface area (Å²) in [4.78, 5) is 10.3. The summed E-state index contributed by atoms with van der Waals surface area (Å²) in [5.74, 6) is 1.68. The van der Waals surface area contributed by atoms with Crippen molar-refractivity contribution in [1.82, 2.24) is 0 Å². The minimum absolute atomic E-state index is 0.147. The molecule has 1 aromatic rings. The lowest BCUT2D eigenvalue weighted by molar-refractivity contribution is -0.138. The van der Waals surface area contributed by atoms with Crippen LogP contribution in [0.15, 0.2) is 36.9 Å². The van der Waals surface area contributed by atoms with Crippen LogP contribution < -0.4 is 4.74 Å². The number of epoxide rings is 1. The standard InChI is InChI=1S/C6H8O3.C6H4O/c1-2-6(7)9-4-5-3-8-5;1-2-4-6-5(3-1)7-6/h2,5H,1,3-4H2;1-4H. The third kappa shape index (κ3) is 3.40. The molecule has 1 fully saturated rings. The molecule has 1 unspecified atom stereocenters. The molecule has 2 aliphatic heterocycles. The van der Waals surface area contributed by atoms with Crippen LogP contribution in [0.3, 0.4) is 0 Å². The molecule has 16 heavy (non-hydrogen) atoms. The van der Waals surface area contributed by atoms with Crippen molar-refractivity contribution in [3.05, 3.63) is 36.9 Å². The van der Waals surface area contributed by atoms with Gasteiger partial charge in [0.25, 0.3) is 0 Å². The third-order valence-corrected chi connectivity index (χ3v) is 2.01. The molecule has 0 saturated carbocycles. The topological polar surface area (TPSA) is 51.4 Å². The molecule has 2 heterocycles. The van der Waals surface area contributed by atoms with Crippen molar-refractivity contribution in [3.63, 3.8) is 0 Å². The fourth-order valence-electron chi connectivity index (χ4n) is 1.01. The van der Waals surface area contributed by atoms with E-state index in [2.05, 4.69) is 11.3 Å². The summed E-state index contributed by atoms with van der Waals surface area (Å²) >= 11 is 0. The van der Waals surface area contributed by atoms with Gasteiger partial charge in [0.1, 0.15) is 12.7 Å². The Morgan fingerprint density at radius 1 is 1.50 bits per heavy atom. The van der Waals surface area contributed by atoms with Crippen LogP contribution in [0.2, 0.25) is 0 Å². The Labute approximate surface area is 93.4 Å². The molecule has 0 spiro atoms. The highest BCUT2D eigenvalue weighted by Gasteiger charge is 2.23. The van der Waals surface area contributed by atoms with Crippen molar-refractivity contribution < 1.29 is 19.0 Å². The summed E-state index contributed by atoms with van der Waals surface area (Å²) in [6, 6.07) is 7.84. The van der Waals surface area contributed by atoms with Gasteiger partial charge in [-0.2, -0.15) is 0 Å². The van der Waals surface area contributed by atoms with Gasteiger partial charge in [-0.25, -0.2) is 4.79 Å². The van der Waals surface area contributed by atoms with Gasteiger partial charge in [0.15, 0.2) is 11.5 Å². The van der Waals surface area contributed by atoms with E-state index in [0.717, 1.165) is 17.6 Å². The van der Waals surface area contributed by atoms with Gasteiger partial charge in [-0.3, -0.25) is 0 Å². The molecule has 0 bridgehead atoms. The summed E-state index contributed by atoms with van der Waals surface area (Å²) in [6.45, 7) is 4.32. The first-order valence-electron chi connectivity index (χ1n) is 4.97. The maximum Gasteiger partial charge on any atom is 0.330 e. The zero-order valence-corrected chi connectivity index (χ0v) is 8.72. The highest BCUT2D eigenvalue weighted by Crippen LogP contribution is 2.43. The molecule has 0 aromatic heterocycles. The van der Waals surface area contributed by atoms with E-state index in [1.54, 1.807) is 0 Å². The highest BCUT2D eigenvalue weighted by molar-refractivity contribution is 5.81. The summed E-state index contributed by atoms with van der Waals surface area (Å²) < 4.78 is 14.4. The molecule has 3 rings (SSSR count). The largest absolute Gasteiger partial charge is 0.460 e. The average molecular weight is 220 g/mol. The normalized spacial score (nSPS) is 18.1. The molecule has 1 aromatic carbocycles. The number of rotatable bonds is 3. The molecule has 0 amide bonds. The third-order valence-electron chi connectivity index (χ3n) is 2.01. The lowest BCUT2D eigenvalue weighted by Crippen LogP contribution is -2.06. The molecular formula is C12H12O4. The molecule has 0 aliphatic carbocycles. The summed E-state index contributed by atoms with van der Waals surface area (Å²) in [6.07, 6.45) is 1.29. The Morgan fingerprint density at radius 2 is 2.12 bits per heavy atom. The Kier molecular flexibility index (Phi) is 3.22. The smallest absolute Gasteiger partial charge is 0.330 e. The number of para-hydroxylation sites is 2. The van der Waals surface area contributed by atoms with Crippen LogP contribution >= 0.6 is 0 Å². The van der Waals surface area contributed by atoms with E-state index in [1.807, 2.05) is 24.3 Å². The Bertz CT molecular complexity index is 375. The Hall–Kier alpha value is -1.81. The van der Waals surface area contributed by atoms with E-state index in [0.29, 0.717) is 13.2 Å². The van der Waals surface area contributed by atoms with Crippen LogP contribution in [0.5, 0.6) is 11.5 Å². The average Bonchev–Trinajstić information content (AvgIpc) is 3.18. The lowest BCUT2D eigenvalue weighted by Gasteiger charge is -1.94. The second-order valence-corrected chi connectivity index (χ2v) is 3.34. The van der Waals surface area contributed by atoms with E-state index in [1.165, 1.54) is 0 Å². The van der Waals surface area contributed by atoms with Crippen LogP contribution in [0.4, 0.5) is 0 Å². The van der Waals surface area contributed by atoms with Gasteiger partial charge in [0.05, 0.1) is 6.61 Å². The monoisotopic (exact) mass is 220 g/mol. The predicted octanol–water partition coefficient (Wildman–Crippen LogP) is 1.91. The van der Waals surface area contributed by atoms with Crippen molar-refractivity contribution in [1.29, 1.82) is 0 Å². The number of fused-ring (bicyclic) bond motifs is 1. The summed E-state index contributed by atoms with van der Waals surface area (Å²) in [5.41, 5.74) is 0. The molecule has 0 N–H and O–H groups in total. The van der Waals surface area contributed by atoms with Gasteiger partial charge < -0.3 is 14.2 Å². The molecule has 1 saturated heterocycles. The molecule has 84 valence electrons. The van der Waals surface area contributed by atoms with Crippen molar-refractivity contribution in [2.45, 2.75) is 6.10 Å². The molecule has 4 heteroatoms. The minimum Gasteiger partial charge on any atom is -0.460 e. The number of hydrogen-bond donors (Lipinski definition) is 0. The van der Waals surface area contributed by atoms with Crippen LogP contribution in [0.25, 0.3) is 0 Å². The number of carbonyl (C=O) groups is 1. The van der Waals surface area contributed by atoms with Crippen LogP contribution in [-0.2, 0) is 14.3 Å². The number of hydrogen-bond acceptors (Lipinski definition) is 4. The molecular weight excluding hydrogens is 208 g/mol. The molecule has 1 atom stereocenters. The van der Waals surface area contributed by atoms with Crippen molar-refractivity contribution >= 4 is 5.97 Å². The maximum absolute atomic E-state index is 10.3. The number of benzene rings is 1. The predicted molar refractivity (Wildman–Crippen MR) is 57.4 cm³/mol. The lowest BCUT2D eigenvalue weighted by atomic mass is 10.4. The highest BCUT2D eigenvalue weighted by atomic mass is 16.6. The van der Waals surface area contributed by atoms with Crippen LogP contribution in [0.1, 0.15) is 0 Å². The van der Waals surface area contributed by atoms with Crippen molar-refractivity contribution in [3.8, 4) is 11.5 Å². The van der Waals surface area contributed by atoms with Gasteiger partial charge in [0, 0.05) is 6.08 Å². The molecule has 4 nitrogen and oxygen atoms in total. The maximum atomic E-state index is 10.3. The van der Waals surface area contributed by atoms with Gasteiger partial charge in [0.2, 0.25) is 0 Å². The SMILES string of the molecule is C=CC(=O)OCC1CO1.c1ccc2c(c1)O2. The second-order valence-electron chi connectivity index (χ2n) is 3.34. The van der Waals surface area contributed by atoms with Crippen molar-refractivity contribution in [2.75, 3.05) is 13.2 Å². The second kappa shape index (κ2) is 4.81. The van der Waals surface area contributed by atoms with E-state index in [-0.39, 0.29) is 12.1 Å².